The third-order valence-electron chi connectivity index (χ3n) is 3.61. The van der Waals surface area contributed by atoms with E-state index in [9.17, 15) is 12.8 Å². The van der Waals surface area contributed by atoms with Crippen LogP contribution in [0, 0.1) is 5.82 Å². The Balaban J connectivity index is 2.15. The standard InChI is InChI=1S/C18H13BrClFN2O2S/c19-14-6-7-17(21)18(9-14)23(12-13-3-2-8-22-11-13)26(24,25)16-5-1-4-15(20)10-16/h1-11H,12H2. The second-order valence-corrected chi connectivity index (χ2v) is 8.64. The first-order valence-corrected chi connectivity index (χ1v) is 10.1. The Morgan fingerprint density at radius 1 is 1.12 bits per heavy atom. The summed E-state index contributed by atoms with van der Waals surface area (Å²) < 4.78 is 42.5. The maximum atomic E-state index is 14.5. The molecule has 1 aromatic heterocycles. The van der Waals surface area contributed by atoms with Gasteiger partial charge in [0.2, 0.25) is 0 Å². The molecule has 0 N–H and O–H groups in total. The maximum Gasteiger partial charge on any atom is 0.264 e. The number of halogens is 3. The largest absolute Gasteiger partial charge is 0.264 e. The van der Waals surface area contributed by atoms with E-state index < -0.39 is 15.8 Å². The minimum atomic E-state index is -4.05. The van der Waals surface area contributed by atoms with Crippen molar-refractivity contribution in [3.8, 4) is 0 Å². The highest BCUT2D eigenvalue weighted by Crippen LogP contribution is 2.31. The minimum absolute atomic E-state index is 0.0201. The van der Waals surface area contributed by atoms with Crippen LogP contribution in [0.3, 0.4) is 0 Å². The van der Waals surface area contributed by atoms with Crippen molar-refractivity contribution in [2.24, 2.45) is 0 Å². The molecule has 3 rings (SSSR count). The van der Waals surface area contributed by atoms with Crippen LogP contribution in [-0.4, -0.2) is 13.4 Å². The van der Waals surface area contributed by atoms with Crippen LogP contribution in [0.15, 0.2) is 76.4 Å². The number of anilines is 1. The second-order valence-electron chi connectivity index (χ2n) is 5.43. The molecule has 134 valence electrons. The summed E-state index contributed by atoms with van der Waals surface area (Å²) in [5, 5.41) is 0.280. The summed E-state index contributed by atoms with van der Waals surface area (Å²) >= 11 is 9.21. The molecule has 4 nitrogen and oxygen atoms in total. The molecule has 0 fully saturated rings. The van der Waals surface area contributed by atoms with Crippen LogP contribution in [0.5, 0.6) is 0 Å². The lowest BCUT2D eigenvalue weighted by Gasteiger charge is -2.25. The van der Waals surface area contributed by atoms with Crippen molar-refractivity contribution >= 4 is 43.2 Å². The summed E-state index contributed by atoms with van der Waals surface area (Å²) in [5.41, 5.74) is 0.556. The molecule has 0 saturated heterocycles. The quantitative estimate of drug-likeness (QED) is 0.542. The van der Waals surface area contributed by atoms with E-state index in [1.54, 1.807) is 24.4 Å². The van der Waals surface area contributed by atoms with Crippen molar-refractivity contribution < 1.29 is 12.8 Å². The van der Waals surface area contributed by atoms with E-state index in [1.165, 1.54) is 42.6 Å². The van der Waals surface area contributed by atoms with Gasteiger partial charge in [-0.15, -0.1) is 0 Å². The molecule has 0 bridgehead atoms. The van der Waals surface area contributed by atoms with Crippen molar-refractivity contribution in [1.82, 2.24) is 4.98 Å². The second kappa shape index (κ2) is 7.73. The summed E-state index contributed by atoms with van der Waals surface area (Å²) in [6.45, 7) is -0.0734. The van der Waals surface area contributed by atoms with Gasteiger partial charge < -0.3 is 0 Å². The normalized spacial score (nSPS) is 11.3. The Morgan fingerprint density at radius 2 is 1.92 bits per heavy atom. The molecule has 0 aliphatic heterocycles. The van der Waals surface area contributed by atoms with Gasteiger partial charge in [-0.25, -0.2) is 12.8 Å². The molecule has 1 heterocycles. The van der Waals surface area contributed by atoms with Crippen molar-refractivity contribution in [3.05, 3.63) is 87.9 Å². The molecule has 0 amide bonds. The fourth-order valence-electron chi connectivity index (χ4n) is 2.39. The van der Waals surface area contributed by atoms with Crippen molar-refractivity contribution in [1.29, 1.82) is 0 Å². The predicted octanol–water partition coefficient (Wildman–Crippen LogP) is 5.03. The van der Waals surface area contributed by atoms with E-state index in [0.29, 0.717) is 10.0 Å². The Bertz CT molecular complexity index is 1030. The van der Waals surface area contributed by atoms with Crippen LogP contribution in [-0.2, 0) is 16.6 Å². The predicted molar refractivity (Wildman–Crippen MR) is 103 cm³/mol. The first-order chi connectivity index (χ1) is 12.4. The zero-order chi connectivity index (χ0) is 18.7. The van der Waals surface area contributed by atoms with Gasteiger partial charge in [0.1, 0.15) is 5.82 Å². The molecule has 3 aromatic rings. The van der Waals surface area contributed by atoms with Gasteiger partial charge >= 0.3 is 0 Å². The fraction of sp³-hybridized carbons (Fsp3) is 0.0556. The summed E-state index contributed by atoms with van der Waals surface area (Å²) in [6.07, 6.45) is 3.12. The van der Waals surface area contributed by atoms with E-state index in [4.69, 9.17) is 11.6 Å². The smallest absolute Gasteiger partial charge is 0.264 e. The van der Waals surface area contributed by atoms with Crippen LogP contribution in [0.25, 0.3) is 0 Å². The molecule has 0 aliphatic carbocycles. The number of sulfonamides is 1. The van der Waals surface area contributed by atoms with Gasteiger partial charge in [-0.05, 0) is 48.0 Å². The third kappa shape index (κ3) is 4.06. The van der Waals surface area contributed by atoms with Crippen LogP contribution < -0.4 is 4.31 Å². The Morgan fingerprint density at radius 3 is 2.62 bits per heavy atom. The molecule has 0 unspecified atom stereocenters. The molecule has 26 heavy (non-hydrogen) atoms. The number of hydrogen-bond acceptors (Lipinski definition) is 3. The Labute approximate surface area is 164 Å². The van der Waals surface area contributed by atoms with E-state index >= 15 is 0 Å². The van der Waals surface area contributed by atoms with E-state index in [-0.39, 0.29) is 22.2 Å². The lowest BCUT2D eigenvalue weighted by atomic mass is 10.2. The highest BCUT2D eigenvalue weighted by molar-refractivity contribution is 9.10. The minimum Gasteiger partial charge on any atom is -0.264 e. The zero-order valence-electron chi connectivity index (χ0n) is 13.3. The number of pyridine rings is 1. The third-order valence-corrected chi connectivity index (χ3v) is 6.09. The number of rotatable bonds is 5. The lowest BCUT2D eigenvalue weighted by Crippen LogP contribution is -2.31. The van der Waals surface area contributed by atoms with Crippen LogP contribution in [0.4, 0.5) is 10.1 Å². The molecule has 0 atom stereocenters. The number of hydrogen-bond donors (Lipinski definition) is 0. The van der Waals surface area contributed by atoms with Gasteiger partial charge in [-0.1, -0.05) is 39.7 Å². The van der Waals surface area contributed by atoms with Gasteiger partial charge in [-0.3, -0.25) is 9.29 Å². The topological polar surface area (TPSA) is 50.3 Å². The molecule has 0 spiro atoms. The monoisotopic (exact) mass is 454 g/mol. The van der Waals surface area contributed by atoms with E-state index in [1.807, 2.05) is 0 Å². The first-order valence-electron chi connectivity index (χ1n) is 7.50. The van der Waals surface area contributed by atoms with Crippen LogP contribution in [0.2, 0.25) is 5.02 Å². The summed E-state index contributed by atoms with van der Waals surface area (Å²) in [4.78, 5) is 3.97. The van der Waals surface area contributed by atoms with Gasteiger partial charge in [0.25, 0.3) is 10.0 Å². The number of nitrogens with zero attached hydrogens (tertiary/aromatic N) is 2. The van der Waals surface area contributed by atoms with Gasteiger partial charge in [-0.2, -0.15) is 0 Å². The average Bonchev–Trinajstić information content (AvgIpc) is 2.63. The lowest BCUT2D eigenvalue weighted by molar-refractivity contribution is 0.584. The molecular formula is C18H13BrClFN2O2S. The fourth-order valence-corrected chi connectivity index (χ4v) is 4.49. The molecule has 0 aliphatic rings. The Hall–Kier alpha value is -1.96. The summed E-state index contributed by atoms with van der Waals surface area (Å²) in [7, 11) is -4.05. The number of aromatic nitrogens is 1. The molecule has 0 radical (unpaired) electrons. The van der Waals surface area contributed by atoms with Gasteiger partial charge in [0.05, 0.1) is 17.1 Å². The first kappa shape index (κ1) is 18.8. The summed E-state index contributed by atoms with van der Waals surface area (Å²) in [5.74, 6) is -0.650. The van der Waals surface area contributed by atoms with Crippen molar-refractivity contribution in [3.63, 3.8) is 0 Å². The average molecular weight is 456 g/mol. The zero-order valence-corrected chi connectivity index (χ0v) is 16.5. The van der Waals surface area contributed by atoms with Crippen molar-refractivity contribution in [2.45, 2.75) is 11.4 Å². The summed E-state index contributed by atoms with van der Waals surface area (Å²) in [6, 6.07) is 13.4. The van der Waals surface area contributed by atoms with Crippen LogP contribution in [0.1, 0.15) is 5.56 Å². The molecular weight excluding hydrogens is 443 g/mol. The van der Waals surface area contributed by atoms with E-state index in [0.717, 1.165) is 4.31 Å². The van der Waals surface area contributed by atoms with Crippen LogP contribution >= 0.6 is 27.5 Å². The van der Waals surface area contributed by atoms with E-state index in [2.05, 4.69) is 20.9 Å². The molecule has 8 heteroatoms. The highest BCUT2D eigenvalue weighted by atomic mass is 79.9. The molecule has 2 aromatic carbocycles. The van der Waals surface area contributed by atoms with Gasteiger partial charge in [0, 0.05) is 21.9 Å². The SMILES string of the molecule is O=S(=O)(c1cccc(Cl)c1)N(Cc1cccnc1)c1cc(Br)ccc1F. The van der Waals surface area contributed by atoms with Crippen molar-refractivity contribution in [2.75, 3.05) is 4.31 Å². The highest BCUT2D eigenvalue weighted by Gasteiger charge is 2.28. The Kier molecular flexibility index (Phi) is 5.60. The van der Waals surface area contributed by atoms with Gasteiger partial charge in [0.15, 0.2) is 0 Å². The maximum absolute atomic E-state index is 14.5. The molecule has 0 saturated carbocycles. The number of benzene rings is 2.